The topological polar surface area (TPSA) is 101 Å². The molecule has 9 nitrogen and oxygen atoms in total. The standard InChI is InChI=1S/C22H23N5O4S/c28-21(15-3-6-18(19(13-15)27(29)30)25-7-1-2-8-25)23-16-4-5-17-20(14-16)32-22(24-17)26-9-11-31-12-10-26/h3-6,13-14H,1-2,7-12H2,(H,23,28). The second-order valence-electron chi connectivity index (χ2n) is 7.89. The summed E-state index contributed by atoms with van der Waals surface area (Å²) in [6.45, 7) is 4.62. The second-order valence-corrected chi connectivity index (χ2v) is 8.90. The molecule has 1 aromatic heterocycles. The van der Waals surface area contributed by atoms with Crippen LogP contribution in [-0.4, -0.2) is 55.2 Å². The summed E-state index contributed by atoms with van der Waals surface area (Å²) in [4.78, 5) is 32.9. The van der Waals surface area contributed by atoms with Crippen LogP contribution in [0.5, 0.6) is 0 Å². The van der Waals surface area contributed by atoms with Crippen LogP contribution >= 0.6 is 11.3 Å². The van der Waals surface area contributed by atoms with Crippen LogP contribution < -0.4 is 15.1 Å². The first-order chi connectivity index (χ1) is 15.6. The highest BCUT2D eigenvalue weighted by Gasteiger charge is 2.24. The number of nitro benzene ring substituents is 1. The molecule has 32 heavy (non-hydrogen) atoms. The predicted molar refractivity (Wildman–Crippen MR) is 125 cm³/mol. The zero-order valence-electron chi connectivity index (χ0n) is 17.5. The van der Waals surface area contributed by atoms with Crippen molar-refractivity contribution in [2.45, 2.75) is 12.8 Å². The molecule has 3 heterocycles. The summed E-state index contributed by atoms with van der Waals surface area (Å²) in [5.41, 5.74) is 2.31. The highest BCUT2D eigenvalue weighted by atomic mass is 32.1. The number of carbonyl (C=O) groups is 1. The van der Waals surface area contributed by atoms with Gasteiger partial charge in [0.1, 0.15) is 5.69 Å². The third-order valence-corrected chi connectivity index (χ3v) is 6.88. The smallest absolute Gasteiger partial charge is 0.293 e. The quantitative estimate of drug-likeness (QED) is 0.462. The van der Waals surface area contributed by atoms with Crippen molar-refractivity contribution in [1.29, 1.82) is 0 Å². The molecular weight excluding hydrogens is 430 g/mol. The Labute approximate surface area is 188 Å². The number of nitrogens with one attached hydrogen (secondary N) is 1. The van der Waals surface area contributed by atoms with Crippen molar-refractivity contribution in [3.05, 3.63) is 52.1 Å². The first kappa shape index (κ1) is 20.7. The van der Waals surface area contributed by atoms with Gasteiger partial charge in [0.2, 0.25) is 0 Å². The van der Waals surface area contributed by atoms with E-state index in [9.17, 15) is 14.9 Å². The van der Waals surface area contributed by atoms with Crippen molar-refractivity contribution < 1.29 is 14.5 Å². The van der Waals surface area contributed by atoms with E-state index in [1.807, 2.05) is 17.0 Å². The number of carbonyl (C=O) groups excluding carboxylic acids is 1. The highest BCUT2D eigenvalue weighted by Crippen LogP contribution is 2.33. The Morgan fingerprint density at radius 3 is 2.59 bits per heavy atom. The van der Waals surface area contributed by atoms with Crippen LogP contribution in [-0.2, 0) is 4.74 Å². The van der Waals surface area contributed by atoms with Gasteiger partial charge in [0, 0.05) is 43.5 Å². The van der Waals surface area contributed by atoms with Gasteiger partial charge in [0.05, 0.1) is 28.4 Å². The Balaban J connectivity index is 1.35. The first-order valence-corrected chi connectivity index (χ1v) is 11.5. The molecular formula is C22H23N5O4S. The molecule has 0 spiro atoms. The molecule has 10 heteroatoms. The largest absolute Gasteiger partial charge is 0.378 e. The number of anilines is 3. The number of nitro groups is 1. The van der Waals surface area contributed by atoms with Gasteiger partial charge in [-0.05, 0) is 43.2 Å². The van der Waals surface area contributed by atoms with E-state index < -0.39 is 4.92 Å². The van der Waals surface area contributed by atoms with Crippen molar-refractivity contribution in [1.82, 2.24) is 4.98 Å². The van der Waals surface area contributed by atoms with Gasteiger partial charge < -0.3 is 19.9 Å². The van der Waals surface area contributed by atoms with Crippen LogP contribution in [0.1, 0.15) is 23.2 Å². The van der Waals surface area contributed by atoms with E-state index >= 15 is 0 Å². The lowest BCUT2D eigenvalue weighted by Crippen LogP contribution is -2.36. The normalized spacial score (nSPS) is 16.5. The molecule has 1 amide bonds. The summed E-state index contributed by atoms with van der Waals surface area (Å²) in [6.07, 6.45) is 2.04. The SMILES string of the molecule is O=C(Nc1ccc2nc(N3CCOCC3)sc2c1)c1ccc(N2CCCC2)c([N+](=O)[O-])c1. The number of aromatic nitrogens is 1. The van der Waals surface area contributed by atoms with Crippen LogP contribution in [0.25, 0.3) is 10.2 Å². The molecule has 2 saturated heterocycles. The number of rotatable bonds is 5. The Kier molecular flexibility index (Phi) is 5.62. The molecule has 0 radical (unpaired) electrons. The molecule has 0 aliphatic carbocycles. The molecule has 0 unspecified atom stereocenters. The number of amides is 1. The zero-order chi connectivity index (χ0) is 22.1. The van der Waals surface area contributed by atoms with Crippen molar-refractivity contribution in [2.24, 2.45) is 0 Å². The molecule has 0 atom stereocenters. The maximum atomic E-state index is 12.8. The van der Waals surface area contributed by atoms with Crippen molar-refractivity contribution in [3.8, 4) is 0 Å². The molecule has 2 aromatic carbocycles. The van der Waals surface area contributed by atoms with E-state index in [0.717, 1.165) is 54.4 Å². The molecule has 166 valence electrons. The Bertz CT molecular complexity index is 1170. The molecule has 3 aromatic rings. The van der Waals surface area contributed by atoms with Crippen LogP contribution in [0.2, 0.25) is 0 Å². The lowest BCUT2D eigenvalue weighted by atomic mass is 10.1. The summed E-state index contributed by atoms with van der Waals surface area (Å²) in [5.74, 6) is -0.377. The molecule has 5 rings (SSSR count). The first-order valence-electron chi connectivity index (χ1n) is 10.7. The Morgan fingerprint density at radius 2 is 1.84 bits per heavy atom. The van der Waals surface area contributed by atoms with E-state index in [4.69, 9.17) is 4.74 Å². The monoisotopic (exact) mass is 453 g/mol. The highest BCUT2D eigenvalue weighted by molar-refractivity contribution is 7.22. The maximum Gasteiger partial charge on any atom is 0.293 e. The van der Waals surface area contributed by atoms with Crippen molar-refractivity contribution >= 4 is 49.7 Å². The number of thiazole rings is 1. The van der Waals surface area contributed by atoms with Gasteiger partial charge in [-0.3, -0.25) is 14.9 Å². The molecule has 1 N–H and O–H groups in total. The van der Waals surface area contributed by atoms with Gasteiger partial charge >= 0.3 is 0 Å². The van der Waals surface area contributed by atoms with E-state index in [0.29, 0.717) is 24.6 Å². The minimum Gasteiger partial charge on any atom is -0.378 e. The van der Waals surface area contributed by atoms with E-state index in [1.54, 1.807) is 29.5 Å². The van der Waals surface area contributed by atoms with E-state index in [-0.39, 0.29) is 17.2 Å². The summed E-state index contributed by atoms with van der Waals surface area (Å²) in [6, 6.07) is 10.3. The van der Waals surface area contributed by atoms with Gasteiger partial charge in [-0.2, -0.15) is 0 Å². The number of nitrogens with zero attached hydrogens (tertiary/aromatic N) is 4. The number of benzene rings is 2. The third kappa shape index (κ3) is 4.11. The van der Waals surface area contributed by atoms with E-state index in [2.05, 4.69) is 15.2 Å². The van der Waals surface area contributed by atoms with Crippen molar-refractivity contribution in [3.63, 3.8) is 0 Å². The predicted octanol–water partition coefficient (Wildman–Crippen LogP) is 3.89. The fraction of sp³-hybridized carbons (Fsp3) is 0.364. The summed E-state index contributed by atoms with van der Waals surface area (Å²) >= 11 is 1.58. The van der Waals surface area contributed by atoms with Crippen LogP contribution in [0.3, 0.4) is 0 Å². The van der Waals surface area contributed by atoms with Crippen LogP contribution in [0.15, 0.2) is 36.4 Å². The van der Waals surface area contributed by atoms with E-state index in [1.165, 1.54) is 6.07 Å². The van der Waals surface area contributed by atoms with Gasteiger partial charge in [-0.1, -0.05) is 11.3 Å². The average Bonchev–Trinajstić information content (AvgIpc) is 3.49. The average molecular weight is 454 g/mol. The minimum absolute atomic E-state index is 0.0346. The van der Waals surface area contributed by atoms with Crippen LogP contribution in [0, 0.1) is 10.1 Å². The number of fused-ring (bicyclic) bond motifs is 1. The van der Waals surface area contributed by atoms with Crippen molar-refractivity contribution in [2.75, 3.05) is 54.5 Å². The van der Waals surface area contributed by atoms with Gasteiger partial charge in [-0.15, -0.1) is 0 Å². The number of ether oxygens (including phenoxy) is 1. The summed E-state index contributed by atoms with van der Waals surface area (Å²) < 4.78 is 6.37. The van der Waals surface area contributed by atoms with Gasteiger partial charge in [-0.25, -0.2) is 4.98 Å². The minimum atomic E-state index is -0.416. The maximum absolute atomic E-state index is 12.8. The fourth-order valence-electron chi connectivity index (χ4n) is 4.12. The lowest BCUT2D eigenvalue weighted by Gasteiger charge is -2.25. The fourth-order valence-corrected chi connectivity index (χ4v) is 5.18. The summed E-state index contributed by atoms with van der Waals surface area (Å²) in [7, 11) is 0. The number of hydrogen-bond acceptors (Lipinski definition) is 8. The van der Waals surface area contributed by atoms with Gasteiger partial charge in [0.15, 0.2) is 5.13 Å². The summed E-state index contributed by atoms with van der Waals surface area (Å²) in [5, 5.41) is 15.4. The molecule has 0 saturated carbocycles. The number of hydrogen-bond donors (Lipinski definition) is 1. The molecule has 2 aliphatic heterocycles. The number of morpholine rings is 1. The van der Waals surface area contributed by atoms with Gasteiger partial charge in [0.25, 0.3) is 11.6 Å². The molecule has 0 bridgehead atoms. The Morgan fingerprint density at radius 1 is 1.06 bits per heavy atom. The molecule has 2 aliphatic rings. The lowest BCUT2D eigenvalue weighted by molar-refractivity contribution is -0.384. The molecule has 2 fully saturated rings. The second kappa shape index (κ2) is 8.71. The third-order valence-electron chi connectivity index (χ3n) is 5.80. The Hall–Kier alpha value is -3.24. The zero-order valence-corrected chi connectivity index (χ0v) is 18.3. The van der Waals surface area contributed by atoms with Crippen LogP contribution in [0.4, 0.5) is 22.2 Å².